The molecule has 29 heavy (non-hydrogen) atoms. The van der Waals surface area contributed by atoms with E-state index in [1.807, 2.05) is 54.6 Å². The van der Waals surface area contributed by atoms with Gasteiger partial charge < -0.3 is 0 Å². The molecule has 0 radical (unpaired) electrons. The Balaban J connectivity index is 1.58. The zero-order valence-electron chi connectivity index (χ0n) is 15.5. The Labute approximate surface area is 177 Å². The highest BCUT2D eigenvalue weighted by Crippen LogP contribution is 2.27. The van der Waals surface area contributed by atoms with E-state index in [4.69, 9.17) is 16.6 Å². The average molecular weight is 417 g/mol. The lowest BCUT2D eigenvalue weighted by Crippen LogP contribution is -2.04. The first-order valence-electron chi connectivity index (χ1n) is 9.32. The summed E-state index contributed by atoms with van der Waals surface area (Å²) < 4.78 is 2.09. The molecule has 2 heterocycles. The van der Waals surface area contributed by atoms with Crippen LogP contribution in [0.5, 0.6) is 0 Å². The van der Waals surface area contributed by atoms with E-state index in [1.165, 1.54) is 11.1 Å². The lowest BCUT2D eigenvalue weighted by Gasteiger charge is -2.09. The van der Waals surface area contributed by atoms with E-state index in [2.05, 4.69) is 38.9 Å². The van der Waals surface area contributed by atoms with Gasteiger partial charge in [-0.1, -0.05) is 78.0 Å². The van der Waals surface area contributed by atoms with Gasteiger partial charge in [0.1, 0.15) is 5.82 Å². The smallest absolute Gasteiger partial charge is 0.197 e. The number of halogens is 1. The molecule has 0 aliphatic heterocycles. The number of benzene rings is 3. The predicted octanol–water partition coefficient (Wildman–Crippen LogP) is 5.81. The molecule has 0 saturated carbocycles. The lowest BCUT2D eigenvalue weighted by molar-refractivity contribution is 0.840. The van der Waals surface area contributed by atoms with Gasteiger partial charge in [-0.3, -0.25) is 4.40 Å². The van der Waals surface area contributed by atoms with Crippen LogP contribution in [0.25, 0.3) is 16.6 Å². The van der Waals surface area contributed by atoms with Gasteiger partial charge in [-0.05, 0) is 35.4 Å². The van der Waals surface area contributed by atoms with Crippen molar-refractivity contribution in [2.24, 2.45) is 0 Å². The van der Waals surface area contributed by atoms with Gasteiger partial charge in [0.05, 0.1) is 5.52 Å². The summed E-state index contributed by atoms with van der Waals surface area (Å²) in [4.78, 5) is 4.95. The highest BCUT2D eigenvalue weighted by atomic mass is 35.5. The van der Waals surface area contributed by atoms with Crippen LogP contribution in [0.1, 0.15) is 17.0 Å². The van der Waals surface area contributed by atoms with E-state index in [0.29, 0.717) is 6.42 Å². The van der Waals surface area contributed by atoms with Crippen molar-refractivity contribution in [2.75, 3.05) is 0 Å². The standard InChI is InChI=1S/C23H17ClN4S/c24-18-12-10-17(11-13-18)15-29-23-27-26-22-19-8-4-5-9-20(19)25-21(28(22)23)14-16-6-2-1-3-7-16/h1-13H,14-15H2. The summed E-state index contributed by atoms with van der Waals surface area (Å²) in [5.74, 6) is 1.73. The van der Waals surface area contributed by atoms with E-state index in [1.54, 1.807) is 11.8 Å². The van der Waals surface area contributed by atoms with Gasteiger partial charge in [-0.2, -0.15) is 0 Å². The fraction of sp³-hybridized carbons (Fsp3) is 0.0870. The predicted molar refractivity (Wildman–Crippen MR) is 119 cm³/mol. The lowest BCUT2D eigenvalue weighted by atomic mass is 10.1. The highest BCUT2D eigenvalue weighted by Gasteiger charge is 2.15. The van der Waals surface area contributed by atoms with Gasteiger partial charge in [-0.15, -0.1) is 10.2 Å². The Bertz CT molecular complexity index is 1280. The van der Waals surface area contributed by atoms with Crippen LogP contribution in [0, 0.1) is 0 Å². The SMILES string of the molecule is Clc1ccc(CSc2nnc3c4ccccc4nc(Cc4ccccc4)n23)cc1. The Kier molecular flexibility index (Phi) is 4.92. The van der Waals surface area contributed by atoms with Gasteiger partial charge in [0.25, 0.3) is 0 Å². The Morgan fingerprint density at radius 2 is 1.55 bits per heavy atom. The average Bonchev–Trinajstić information content (AvgIpc) is 3.19. The minimum absolute atomic E-state index is 0.717. The molecule has 3 aromatic carbocycles. The van der Waals surface area contributed by atoms with Crippen LogP contribution < -0.4 is 0 Å². The fourth-order valence-electron chi connectivity index (χ4n) is 3.35. The molecule has 6 heteroatoms. The summed E-state index contributed by atoms with van der Waals surface area (Å²) >= 11 is 7.66. The minimum atomic E-state index is 0.717. The molecule has 0 saturated heterocycles. The van der Waals surface area contributed by atoms with E-state index >= 15 is 0 Å². The van der Waals surface area contributed by atoms with E-state index in [0.717, 1.165) is 38.3 Å². The zero-order valence-corrected chi connectivity index (χ0v) is 17.1. The van der Waals surface area contributed by atoms with Gasteiger partial charge in [0.15, 0.2) is 10.8 Å². The summed E-state index contributed by atoms with van der Waals surface area (Å²) in [6.45, 7) is 0. The molecule has 0 amide bonds. The van der Waals surface area contributed by atoms with Crippen molar-refractivity contribution in [3.05, 3.63) is 101 Å². The summed E-state index contributed by atoms with van der Waals surface area (Å²) in [5, 5.41) is 11.6. The van der Waals surface area contributed by atoms with Crippen molar-refractivity contribution in [2.45, 2.75) is 17.3 Å². The van der Waals surface area contributed by atoms with E-state index in [9.17, 15) is 0 Å². The summed E-state index contributed by atoms with van der Waals surface area (Å²) in [7, 11) is 0. The van der Waals surface area contributed by atoms with Crippen molar-refractivity contribution in [3.8, 4) is 0 Å². The first-order chi connectivity index (χ1) is 14.3. The largest absolute Gasteiger partial charge is 0.257 e. The third-order valence-corrected chi connectivity index (χ3v) is 6.02. The number of nitrogens with zero attached hydrogens (tertiary/aromatic N) is 4. The molecule has 0 fully saturated rings. The summed E-state index contributed by atoms with van der Waals surface area (Å²) in [6, 6.07) is 26.4. The summed E-state index contributed by atoms with van der Waals surface area (Å²) in [5.41, 5.74) is 4.18. The monoisotopic (exact) mass is 416 g/mol. The van der Waals surface area contributed by atoms with Gasteiger partial charge >= 0.3 is 0 Å². The maximum atomic E-state index is 6.00. The second-order valence-electron chi connectivity index (χ2n) is 6.76. The molecule has 5 rings (SSSR count). The van der Waals surface area contributed by atoms with Gasteiger partial charge in [0.2, 0.25) is 0 Å². The molecule has 5 aromatic rings. The van der Waals surface area contributed by atoms with E-state index in [-0.39, 0.29) is 0 Å². The van der Waals surface area contributed by atoms with Crippen LogP contribution in [0.15, 0.2) is 84.0 Å². The molecule has 0 spiro atoms. The van der Waals surface area contributed by atoms with Crippen molar-refractivity contribution >= 4 is 39.9 Å². The van der Waals surface area contributed by atoms with Crippen LogP contribution in [-0.2, 0) is 12.2 Å². The quantitative estimate of drug-likeness (QED) is 0.339. The maximum Gasteiger partial charge on any atom is 0.197 e. The molecule has 0 aliphatic rings. The van der Waals surface area contributed by atoms with Crippen LogP contribution in [0.2, 0.25) is 5.02 Å². The topological polar surface area (TPSA) is 43.1 Å². The number of fused-ring (bicyclic) bond motifs is 3. The molecule has 0 aliphatic carbocycles. The van der Waals surface area contributed by atoms with Gasteiger partial charge in [-0.25, -0.2) is 4.98 Å². The first kappa shape index (κ1) is 18.2. The van der Waals surface area contributed by atoms with Crippen LogP contribution in [0.3, 0.4) is 0 Å². The van der Waals surface area contributed by atoms with Crippen molar-refractivity contribution in [1.29, 1.82) is 0 Å². The molecule has 0 N–H and O–H groups in total. The molecule has 142 valence electrons. The van der Waals surface area contributed by atoms with Crippen LogP contribution in [-0.4, -0.2) is 19.6 Å². The Morgan fingerprint density at radius 3 is 2.38 bits per heavy atom. The van der Waals surface area contributed by atoms with Crippen molar-refractivity contribution in [3.63, 3.8) is 0 Å². The summed E-state index contributed by atoms with van der Waals surface area (Å²) in [6.07, 6.45) is 0.717. The molecular formula is C23H17ClN4S. The number of hydrogen-bond acceptors (Lipinski definition) is 4. The van der Waals surface area contributed by atoms with Crippen molar-refractivity contribution < 1.29 is 0 Å². The molecular weight excluding hydrogens is 400 g/mol. The molecule has 0 unspecified atom stereocenters. The number of aromatic nitrogens is 4. The minimum Gasteiger partial charge on any atom is -0.257 e. The second-order valence-corrected chi connectivity index (χ2v) is 8.14. The third-order valence-electron chi connectivity index (χ3n) is 4.77. The van der Waals surface area contributed by atoms with Crippen LogP contribution >= 0.6 is 23.4 Å². The third kappa shape index (κ3) is 3.71. The zero-order chi connectivity index (χ0) is 19.6. The molecule has 0 atom stereocenters. The molecule has 4 nitrogen and oxygen atoms in total. The number of rotatable bonds is 5. The first-order valence-corrected chi connectivity index (χ1v) is 10.7. The van der Waals surface area contributed by atoms with Gasteiger partial charge in [0, 0.05) is 22.6 Å². The highest BCUT2D eigenvalue weighted by molar-refractivity contribution is 7.98. The number of thioether (sulfide) groups is 1. The number of hydrogen-bond donors (Lipinski definition) is 0. The van der Waals surface area contributed by atoms with Crippen molar-refractivity contribution in [1.82, 2.24) is 19.6 Å². The molecule has 2 aromatic heterocycles. The number of para-hydroxylation sites is 1. The Hall–Kier alpha value is -2.89. The second kappa shape index (κ2) is 7.85. The fourth-order valence-corrected chi connectivity index (χ4v) is 4.38. The van der Waals surface area contributed by atoms with Crippen LogP contribution in [0.4, 0.5) is 0 Å². The molecule has 0 bridgehead atoms. The van der Waals surface area contributed by atoms with E-state index < -0.39 is 0 Å². The Morgan fingerprint density at radius 1 is 0.793 bits per heavy atom. The normalized spacial score (nSPS) is 11.3. The maximum absolute atomic E-state index is 6.00.